The summed E-state index contributed by atoms with van der Waals surface area (Å²) >= 11 is 3.43. The van der Waals surface area contributed by atoms with Crippen LogP contribution in [-0.4, -0.2) is 5.91 Å². The Morgan fingerprint density at radius 2 is 2.22 bits per heavy atom. The number of nitrogens with one attached hydrogen (secondary N) is 1. The van der Waals surface area contributed by atoms with E-state index in [1.165, 1.54) is 22.4 Å². The number of carbonyl (C=O) groups is 1. The Labute approximate surface area is 115 Å². The fourth-order valence-electron chi connectivity index (χ4n) is 2.04. The van der Waals surface area contributed by atoms with Crippen molar-refractivity contribution in [1.29, 1.82) is 0 Å². The van der Waals surface area contributed by atoms with Gasteiger partial charge >= 0.3 is 0 Å². The molecule has 4 heteroatoms. The van der Waals surface area contributed by atoms with Crippen molar-refractivity contribution in [1.82, 2.24) is 5.32 Å². The summed E-state index contributed by atoms with van der Waals surface area (Å²) in [4.78, 5) is 13.0. The Hall–Kier alpha value is -1.13. The highest BCUT2D eigenvalue weighted by atomic mass is 32.1. The Balaban J connectivity index is 1.58. The second kappa shape index (κ2) is 5.24. The molecule has 0 aliphatic heterocycles. The van der Waals surface area contributed by atoms with Crippen molar-refractivity contribution < 1.29 is 4.79 Å². The van der Waals surface area contributed by atoms with Crippen molar-refractivity contribution in [3.8, 4) is 11.1 Å². The van der Waals surface area contributed by atoms with Gasteiger partial charge in [-0.1, -0.05) is 6.42 Å². The summed E-state index contributed by atoms with van der Waals surface area (Å²) in [6.07, 6.45) is 3.34. The van der Waals surface area contributed by atoms with Gasteiger partial charge in [0.15, 0.2) is 0 Å². The Bertz CT molecular complexity index is 526. The lowest BCUT2D eigenvalue weighted by atomic mass is 9.85. The maximum atomic E-state index is 11.7. The Morgan fingerprint density at radius 3 is 2.89 bits per heavy atom. The first kappa shape index (κ1) is 11.9. The molecule has 0 saturated heterocycles. The number of hydrogen-bond donors (Lipinski definition) is 1. The van der Waals surface area contributed by atoms with E-state index in [-0.39, 0.29) is 11.8 Å². The summed E-state index contributed by atoms with van der Waals surface area (Å²) in [5, 5.41) is 9.43. The summed E-state index contributed by atoms with van der Waals surface area (Å²) in [5.41, 5.74) is 2.53. The highest BCUT2D eigenvalue weighted by Gasteiger charge is 2.24. The largest absolute Gasteiger partial charge is 0.351 e. The standard InChI is InChI=1S/C14H15NOS2/c16-14(10-2-1-3-10)15-7-13-6-12(9-18-13)11-4-5-17-8-11/h4-6,8-10H,1-3,7H2,(H,15,16). The number of thiophene rings is 2. The molecule has 2 heterocycles. The van der Waals surface area contributed by atoms with E-state index >= 15 is 0 Å². The Kier molecular flexibility index (Phi) is 3.48. The number of carbonyl (C=O) groups excluding carboxylic acids is 1. The maximum absolute atomic E-state index is 11.7. The first-order valence-corrected chi connectivity index (χ1v) is 8.03. The van der Waals surface area contributed by atoms with Gasteiger partial charge in [0.05, 0.1) is 6.54 Å². The fourth-order valence-corrected chi connectivity index (χ4v) is 3.54. The van der Waals surface area contributed by atoms with E-state index in [0.717, 1.165) is 12.8 Å². The highest BCUT2D eigenvalue weighted by Crippen LogP contribution is 2.28. The fraction of sp³-hybridized carbons (Fsp3) is 0.357. The van der Waals surface area contributed by atoms with Crippen LogP contribution in [0.4, 0.5) is 0 Å². The van der Waals surface area contributed by atoms with Gasteiger partial charge in [0.2, 0.25) is 5.91 Å². The number of rotatable bonds is 4. The van der Waals surface area contributed by atoms with E-state index in [9.17, 15) is 4.79 Å². The zero-order valence-corrected chi connectivity index (χ0v) is 11.7. The molecule has 0 spiro atoms. The normalized spacial score (nSPS) is 15.3. The van der Waals surface area contributed by atoms with Gasteiger partial charge < -0.3 is 5.32 Å². The monoisotopic (exact) mass is 277 g/mol. The first-order chi connectivity index (χ1) is 8.83. The minimum absolute atomic E-state index is 0.228. The van der Waals surface area contributed by atoms with E-state index in [0.29, 0.717) is 6.54 Å². The van der Waals surface area contributed by atoms with Crippen LogP contribution in [0.2, 0.25) is 0 Å². The number of amides is 1. The minimum Gasteiger partial charge on any atom is -0.351 e. The van der Waals surface area contributed by atoms with E-state index < -0.39 is 0 Å². The van der Waals surface area contributed by atoms with E-state index in [2.05, 4.69) is 33.6 Å². The molecule has 0 unspecified atom stereocenters. The first-order valence-electron chi connectivity index (χ1n) is 6.20. The summed E-state index contributed by atoms with van der Waals surface area (Å²) in [6, 6.07) is 4.30. The molecule has 1 N–H and O–H groups in total. The van der Waals surface area contributed by atoms with Crippen LogP contribution < -0.4 is 5.32 Å². The van der Waals surface area contributed by atoms with Crippen LogP contribution in [0, 0.1) is 5.92 Å². The smallest absolute Gasteiger partial charge is 0.223 e. The van der Waals surface area contributed by atoms with Crippen molar-refractivity contribution in [2.24, 2.45) is 5.92 Å². The summed E-state index contributed by atoms with van der Waals surface area (Å²) in [7, 11) is 0. The second-order valence-corrected chi connectivity index (χ2v) is 6.44. The van der Waals surface area contributed by atoms with E-state index in [1.807, 2.05) is 0 Å². The third-order valence-corrected chi connectivity index (χ3v) is 5.04. The molecule has 1 aliphatic carbocycles. The van der Waals surface area contributed by atoms with Crippen LogP contribution in [0.25, 0.3) is 11.1 Å². The van der Waals surface area contributed by atoms with Crippen molar-refractivity contribution in [3.63, 3.8) is 0 Å². The highest BCUT2D eigenvalue weighted by molar-refractivity contribution is 7.10. The molecular formula is C14H15NOS2. The second-order valence-electron chi connectivity index (χ2n) is 4.66. The van der Waals surface area contributed by atoms with Gasteiger partial charge in [-0.3, -0.25) is 4.79 Å². The lowest BCUT2D eigenvalue weighted by Crippen LogP contribution is -2.33. The molecule has 1 fully saturated rings. The molecule has 2 nitrogen and oxygen atoms in total. The van der Waals surface area contributed by atoms with Crippen LogP contribution in [0.15, 0.2) is 28.3 Å². The lowest BCUT2D eigenvalue weighted by Gasteiger charge is -2.23. The average molecular weight is 277 g/mol. The van der Waals surface area contributed by atoms with Gasteiger partial charge in [-0.25, -0.2) is 0 Å². The molecule has 0 aromatic carbocycles. The molecule has 1 saturated carbocycles. The topological polar surface area (TPSA) is 29.1 Å². The zero-order valence-electron chi connectivity index (χ0n) is 10.0. The van der Waals surface area contributed by atoms with Gasteiger partial charge in [-0.05, 0) is 52.2 Å². The third kappa shape index (κ3) is 2.49. The predicted octanol–water partition coefficient (Wildman–Crippen LogP) is 3.89. The molecular weight excluding hydrogens is 262 g/mol. The molecule has 2 aromatic heterocycles. The Morgan fingerprint density at radius 1 is 1.33 bits per heavy atom. The van der Waals surface area contributed by atoms with Gasteiger partial charge in [0.1, 0.15) is 0 Å². The third-order valence-electron chi connectivity index (χ3n) is 3.42. The molecule has 94 valence electrons. The van der Waals surface area contributed by atoms with Crippen LogP contribution >= 0.6 is 22.7 Å². The molecule has 0 radical (unpaired) electrons. The summed E-state index contributed by atoms with van der Waals surface area (Å²) in [6.45, 7) is 0.671. The van der Waals surface area contributed by atoms with Crippen molar-refractivity contribution in [3.05, 3.63) is 33.2 Å². The molecule has 0 bridgehead atoms. The van der Waals surface area contributed by atoms with E-state index in [4.69, 9.17) is 0 Å². The van der Waals surface area contributed by atoms with Crippen LogP contribution in [0.1, 0.15) is 24.1 Å². The van der Waals surface area contributed by atoms with Crippen molar-refractivity contribution >= 4 is 28.6 Å². The molecule has 1 aliphatic rings. The van der Waals surface area contributed by atoms with Gasteiger partial charge in [-0.2, -0.15) is 11.3 Å². The minimum atomic E-state index is 0.228. The average Bonchev–Trinajstić information content (AvgIpc) is 2.94. The van der Waals surface area contributed by atoms with Crippen LogP contribution in [0.3, 0.4) is 0 Å². The van der Waals surface area contributed by atoms with Gasteiger partial charge in [0.25, 0.3) is 0 Å². The van der Waals surface area contributed by atoms with Gasteiger partial charge in [-0.15, -0.1) is 11.3 Å². The summed E-state index contributed by atoms with van der Waals surface area (Å²) in [5.74, 6) is 0.507. The molecule has 3 rings (SSSR count). The molecule has 1 amide bonds. The quantitative estimate of drug-likeness (QED) is 0.902. The van der Waals surface area contributed by atoms with Crippen molar-refractivity contribution in [2.45, 2.75) is 25.8 Å². The zero-order chi connectivity index (χ0) is 12.4. The molecule has 18 heavy (non-hydrogen) atoms. The summed E-state index contributed by atoms with van der Waals surface area (Å²) < 4.78 is 0. The lowest BCUT2D eigenvalue weighted by molar-refractivity contribution is -0.127. The maximum Gasteiger partial charge on any atom is 0.223 e. The van der Waals surface area contributed by atoms with Crippen molar-refractivity contribution in [2.75, 3.05) is 0 Å². The van der Waals surface area contributed by atoms with Crippen LogP contribution in [0.5, 0.6) is 0 Å². The number of hydrogen-bond acceptors (Lipinski definition) is 3. The van der Waals surface area contributed by atoms with Gasteiger partial charge in [0, 0.05) is 10.8 Å². The van der Waals surface area contributed by atoms with Crippen LogP contribution in [-0.2, 0) is 11.3 Å². The SMILES string of the molecule is O=C(NCc1cc(-c2ccsc2)cs1)C1CCC1. The molecule has 0 atom stereocenters. The van der Waals surface area contributed by atoms with E-state index in [1.54, 1.807) is 22.7 Å². The molecule has 2 aromatic rings. The predicted molar refractivity (Wildman–Crippen MR) is 76.8 cm³/mol.